The number of hydrogen-bond donors (Lipinski definition) is 2. The summed E-state index contributed by atoms with van der Waals surface area (Å²) in [7, 11) is 0. The molecule has 0 spiro atoms. The summed E-state index contributed by atoms with van der Waals surface area (Å²) in [4.78, 5) is 22.5. The molecule has 0 saturated heterocycles. The van der Waals surface area contributed by atoms with E-state index in [1.807, 2.05) is 24.3 Å². The third-order valence-corrected chi connectivity index (χ3v) is 3.82. The van der Waals surface area contributed by atoms with Crippen molar-refractivity contribution in [2.75, 3.05) is 0 Å². The van der Waals surface area contributed by atoms with Crippen molar-refractivity contribution in [1.82, 2.24) is 5.32 Å². The number of carboxylic acid groups (broad SMARTS) is 1. The molecule has 1 aromatic carbocycles. The van der Waals surface area contributed by atoms with Gasteiger partial charge in [0.05, 0.1) is 6.42 Å². The Kier molecular flexibility index (Phi) is 4.24. The Morgan fingerprint density at radius 2 is 2.05 bits per heavy atom. The van der Waals surface area contributed by atoms with Crippen LogP contribution in [0.25, 0.3) is 0 Å². The van der Waals surface area contributed by atoms with Crippen molar-refractivity contribution in [3.63, 3.8) is 0 Å². The zero-order valence-corrected chi connectivity index (χ0v) is 12.2. The minimum atomic E-state index is -0.895. The summed E-state index contributed by atoms with van der Waals surface area (Å²) in [5.74, 6) is -0.683. The lowest BCUT2D eigenvalue weighted by atomic mass is 10.1. The van der Waals surface area contributed by atoms with Crippen LogP contribution < -0.4 is 5.32 Å². The first kappa shape index (κ1) is 14.1. The van der Waals surface area contributed by atoms with Gasteiger partial charge < -0.3 is 10.4 Å². The van der Waals surface area contributed by atoms with Gasteiger partial charge in [-0.2, -0.15) is 0 Å². The van der Waals surface area contributed by atoms with E-state index in [9.17, 15) is 9.59 Å². The molecule has 3 unspecified atom stereocenters. The SMILES string of the molecule is CC(CC(=O)O)NC(=O)C1CC1c1ccc(Br)cc1. The maximum absolute atomic E-state index is 11.9. The number of nitrogens with one attached hydrogen (secondary N) is 1. The van der Waals surface area contributed by atoms with E-state index in [0.717, 1.165) is 16.5 Å². The lowest BCUT2D eigenvalue weighted by molar-refractivity contribution is -0.137. The molecule has 0 aliphatic heterocycles. The van der Waals surface area contributed by atoms with Gasteiger partial charge in [-0.15, -0.1) is 0 Å². The Labute approximate surface area is 120 Å². The maximum Gasteiger partial charge on any atom is 0.305 e. The number of amides is 1. The Morgan fingerprint density at radius 3 is 2.63 bits per heavy atom. The fraction of sp³-hybridized carbons (Fsp3) is 0.429. The summed E-state index contributed by atoms with van der Waals surface area (Å²) in [6.45, 7) is 1.71. The van der Waals surface area contributed by atoms with Crippen LogP contribution in [0.4, 0.5) is 0 Å². The van der Waals surface area contributed by atoms with Gasteiger partial charge in [0.15, 0.2) is 0 Å². The number of hydrogen-bond acceptors (Lipinski definition) is 2. The van der Waals surface area contributed by atoms with Crippen molar-refractivity contribution in [1.29, 1.82) is 0 Å². The van der Waals surface area contributed by atoms with Crippen LogP contribution in [-0.4, -0.2) is 23.0 Å². The fourth-order valence-electron chi connectivity index (χ4n) is 2.23. The number of carbonyl (C=O) groups is 2. The fourth-order valence-corrected chi connectivity index (χ4v) is 2.49. The van der Waals surface area contributed by atoms with Gasteiger partial charge in [0.25, 0.3) is 0 Å². The van der Waals surface area contributed by atoms with Crippen molar-refractivity contribution < 1.29 is 14.7 Å². The van der Waals surface area contributed by atoms with Crippen LogP contribution in [0.3, 0.4) is 0 Å². The summed E-state index contributed by atoms with van der Waals surface area (Å²) in [6.07, 6.45) is 0.800. The highest BCUT2D eigenvalue weighted by atomic mass is 79.9. The van der Waals surface area contributed by atoms with Gasteiger partial charge in [-0.25, -0.2) is 0 Å². The molecule has 4 nitrogen and oxygen atoms in total. The highest BCUT2D eigenvalue weighted by Gasteiger charge is 2.44. The summed E-state index contributed by atoms with van der Waals surface area (Å²) in [5, 5.41) is 11.4. The molecule has 1 aliphatic rings. The minimum absolute atomic E-state index is 0.0163. The number of carbonyl (C=O) groups excluding carboxylic acids is 1. The van der Waals surface area contributed by atoms with Crippen LogP contribution in [0.15, 0.2) is 28.7 Å². The quantitative estimate of drug-likeness (QED) is 0.874. The zero-order chi connectivity index (χ0) is 14.0. The monoisotopic (exact) mass is 325 g/mol. The lowest BCUT2D eigenvalue weighted by Gasteiger charge is -2.11. The van der Waals surface area contributed by atoms with E-state index in [0.29, 0.717) is 0 Å². The molecule has 1 aromatic rings. The third-order valence-electron chi connectivity index (χ3n) is 3.29. The van der Waals surface area contributed by atoms with Gasteiger partial charge >= 0.3 is 5.97 Å². The summed E-state index contributed by atoms with van der Waals surface area (Å²) < 4.78 is 1.02. The predicted octanol–water partition coefficient (Wildman–Crippen LogP) is 2.53. The molecule has 1 fully saturated rings. The van der Waals surface area contributed by atoms with E-state index in [4.69, 9.17) is 5.11 Å². The van der Waals surface area contributed by atoms with Gasteiger partial charge in [0.2, 0.25) is 5.91 Å². The first-order valence-electron chi connectivity index (χ1n) is 6.25. The smallest absolute Gasteiger partial charge is 0.305 e. The molecule has 2 rings (SSSR count). The molecule has 0 radical (unpaired) electrons. The Balaban J connectivity index is 1.86. The van der Waals surface area contributed by atoms with Crippen LogP contribution in [0.5, 0.6) is 0 Å². The summed E-state index contributed by atoms with van der Waals surface area (Å²) in [5.41, 5.74) is 1.16. The van der Waals surface area contributed by atoms with Crippen molar-refractivity contribution in [2.45, 2.75) is 31.7 Å². The first-order valence-corrected chi connectivity index (χ1v) is 7.04. The summed E-state index contributed by atoms with van der Waals surface area (Å²) >= 11 is 3.38. The standard InChI is InChI=1S/C14H16BrNO3/c1-8(6-13(17)18)16-14(19)12-7-11(12)9-2-4-10(15)5-3-9/h2-5,8,11-12H,6-7H2,1H3,(H,16,19)(H,17,18). The minimum Gasteiger partial charge on any atom is -0.481 e. The number of benzene rings is 1. The molecule has 1 saturated carbocycles. The molecule has 1 aliphatic carbocycles. The van der Waals surface area contributed by atoms with E-state index in [1.165, 1.54) is 0 Å². The normalized spacial score (nSPS) is 22.6. The molecule has 0 aromatic heterocycles. The molecule has 0 heterocycles. The first-order chi connectivity index (χ1) is 8.97. The van der Waals surface area contributed by atoms with Gasteiger partial charge in [0, 0.05) is 16.4 Å². The second-order valence-electron chi connectivity index (χ2n) is 5.01. The van der Waals surface area contributed by atoms with E-state index in [1.54, 1.807) is 6.92 Å². The van der Waals surface area contributed by atoms with Crippen LogP contribution >= 0.6 is 15.9 Å². The number of rotatable bonds is 5. The van der Waals surface area contributed by atoms with Crippen LogP contribution in [0.1, 0.15) is 31.2 Å². The molecular weight excluding hydrogens is 310 g/mol. The van der Waals surface area contributed by atoms with E-state index in [-0.39, 0.29) is 30.2 Å². The average molecular weight is 326 g/mol. The second-order valence-corrected chi connectivity index (χ2v) is 5.92. The largest absolute Gasteiger partial charge is 0.481 e. The highest BCUT2D eigenvalue weighted by Crippen LogP contribution is 2.47. The molecule has 19 heavy (non-hydrogen) atoms. The van der Waals surface area contributed by atoms with E-state index < -0.39 is 5.97 Å². The molecule has 2 N–H and O–H groups in total. The molecule has 1 amide bonds. The van der Waals surface area contributed by atoms with Crippen molar-refractivity contribution in [3.8, 4) is 0 Å². The number of aliphatic carboxylic acids is 1. The van der Waals surface area contributed by atoms with Gasteiger partial charge in [-0.1, -0.05) is 28.1 Å². The Bertz CT molecular complexity index is 486. The zero-order valence-electron chi connectivity index (χ0n) is 10.6. The molecule has 3 atom stereocenters. The number of carboxylic acids is 1. The molecule has 0 bridgehead atoms. The van der Waals surface area contributed by atoms with Crippen molar-refractivity contribution >= 4 is 27.8 Å². The van der Waals surface area contributed by atoms with Gasteiger partial charge in [-0.3, -0.25) is 9.59 Å². The maximum atomic E-state index is 11.9. The topological polar surface area (TPSA) is 66.4 Å². The second kappa shape index (κ2) is 5.74. The molecule has 102 valence electrons. The van der Waals surface area contributed by atoms with Crippen LogP contribution in [0, 0.1) is 5.92 Å². The summed E-state index contributed by atoms with van der Waals surface area (Å²) in [6, 6.07) is 7.65. The van der Waals surface area contributed by atoms with E-state index in [2.05, 4.69) is 21.2 Å². The third kappa shape index (κ3) is 3.80. The van der Waals surface area contributed by atoms with Crippen molar-refractivity contribution in [3.05, 3.63) is 34.3 Å². The van der Waals surface area contributed by atoms with E-state index >= 15 is 0 Å². The molecular formula is C14H16BrNO3. The van der Waals surface area contributed by atoms with Crippen LogP contribution in [-0.2, 0) is 9.59 Å². The van der Waals surface area contributed by atoms with Crippen molar-refractivity contribution in [2.24, 2.45) is 5.92 Å². The number of halogens is 1. The lowest BCUT2D eigenvalue weighted by Crippen LogP contribution is -2.35. The average Bonchev–Trinajstić information content (AvgIpc) is 3.08. The predicted molar refractivity (Wildman–Crippen MR) is 74.8 cm³/mol. The van der Waals surface area contributed by atoms with Gasteiger partial charge in [-0.05, 0) is 37.0 Å². The Hall–Kier alpha value is -1.36. The van der Waals surface area contributed by atoms with Crippen LogP contribution in [0.2, 0.25) is 0 Å². The Morgan fingerprint density at radius 1 is 1.42 bits per heavy atom. The highest BCUT2D eigenvalue weighted by molar-refractivity contribution is 9.10. The molecule has 5 heteroatoms. The van der Waals surface area contributed by atoms with Gasteiger partial charge in [0.1, 0.15) is 0 Å².